The standard InChI is InChI=1S/C18H24N4O/c1-11-9-22(10-12(2)21(11)5)18(23)15-6-7-16-17(8-15)20-14(4)13(3)19-16/h6-8,11-12H,9-10H2,1-5H3. The van der Waals surface area contributed by atoms with E-state index in [9.17, 15) is 4.79 Å². The molecule has 3 rings (SSSR count). The van der Waals surface area contributed by atoms with Gasteiger partial charge in [0.2, 0.25) is 0 Å². The van der Waals surface area contributed by atoms with Crippen molar-refractivity contribution >= 4 is 16.9 Å². The molecule has 0 saturated carbocycles. The van der Waals surface area contributed by atoms with Gasteiger partial charge in [-0.15, -0.1) is 0 Å². The van der Waals surface area contributed by atoms with Crippen LogP contribution in [0.2, 0.25) is 0 Å². The first-order valence-corrected chi connectivity index (χ1v) is 8.13. The van der Waals surface area contributed by atoms with Crippen LogP contribution in [0.25, 0.3) is 11.0 Å². The highest BCUT2D eigenvalue weighted by Crippen LogP contribution is 2.19. The number of benzene rings is 1. The van der Waals surface area contributed by atoms with Gasteiger partial charge in [0, 0.05) is 30.7 Å². The molecule has 2 aromatic rings. The molecular formula is C18H24N4O. The third kappa shape index (κ3) is 2.93. The smallest absolute Gasteiger partial charge is 0.254 e. The number of carbonyl (C=O) groups excluding carboxylic acids is 1. The molecule has 0 spiro atoms. The van der Waals surface area contributed by atoms with Gasteiger partial charge in [0.1, 0.15) is 0 Å². The molecule has 0 N–H and O–H groups in total. The van der Waals surface area contributed by atoms with Gasteiger partial charge >= 0.3 is 0 Å². The lowest BCUT2D eigenvalue weighted by atomic mass is 10.1. The fourth-order valence-corrected chi connectivity index (χ4v) is 3.12. The molecule has 2 unspecified atom stereocenters. The van der Waals surface area contributed by atoms with Gasteiger partial charge in [-0.25, -0.2) is 9.97 Å². The molecule has 1 aromatic carbocycles. The van der Waals surface area contributed by atoms with Crippen LogP contribution in [0.5, 0.6) is 0 Å². The van der Waals surface area contributed by atoms with Crippen molar-refractivity contribution in [1.29, 1.82) is 0 Å². The quantitative estimate of drug-likeness (QED) is 0.811. The zero-order valence-electron chi connectivity index (χ0n) is 14.5. The van der Waals surface area contributed by atoms with Crippen molar-refractivity contribution in [3.63, 3.8) is 0 Å². The fraction of sp³-hybridized carbons (Fsp3) is 0.500. The second-order valence-corrected chi connectivity index (χ2v) is 6.67. The molecule has 23 heavy (non-hydrogen) atoms. The molecule has 1 aliphatic rings. The van der Waals surface area contributed by atoms with E-state index in [0.29, 0.717) is 17.6 Å². The Morgan fingerprint density at radius 2 is 1.61 bits per heavy atom. The minimum Gasteiger partial charge on any atom is -0.336 e. The second kappa shape index (κ2) is 5.89. The van der Waals surface area contributed by atoms with Crippen LogP contribution in [0.1, 0.15) is 35.6 Å². The average molecular weight is 312 g/mol. The van der Waals surface area contributed by atoms with E-state index >= 15 is 0 Å². The highest BCUT2D eigenvalue weighted by molar-refractivity contribution is 5.97. The Kier molecular flexibility index (Phi) is 4.06. The number of piperazine rings is 1. The van der Waals surface area contributed by atoms with E-state index < -0.39 is 0 Å². The van der Waals surface area contributed by atoms with Crippen molar-refractivity contribution in [2.24, 2.45) is 0 Å². The van der Waals surface area contributed by atoms with Crippen molar-refractivity contribution in [2.75, 3.05) is 20.1 Å². The zero-order chi connectivity index (χ0) is 16.7. The monoisotopic (exact) mass is 312 g/mol. The van der Waals surface area contributed by atoms with E-state index in [1.165, 1.54) is 0 Å². The van der Waals surface area contributed by atoms with Gasteiger partial charge in [-0.3, -0.25) is 9.69 Å². The Hall–Kier alpha value is -2.01. The molecule has 0 radical (unpaired) electrons. The Labute approximate surface area is 137 Å². The summed E-state index contributed by atoms with van der Waals surface area (Å²) in [6, 6.07) is 6.36. The first-order chi connectivity index (χ1) is 10.9. The topological polar surface area (TPSA) is 49.3 Å². The molecular weight excluding hydrogens is 288 g/mol. The number of rotatable bonds is 1. The van der Waals surface area contributed by atoms with E-state index in [1.807, 2.05) is 36.9 Å². The Bertz CT molecular complexity index is 746. The number of nitrogens with zero attached hydrogens (tertiary/aromatic N) is 4. The minimum atomic E-state index is 0.0822. The maximum absolute atomic E-state index is 12.9. The zero-order valence-corrected chi connectivity index (χ0v) is 14.5. The number of amides is 1. The largest absolute Gasteiger partial charge is 0.336 e. The predicted molar refractivity (Wildman–Crippen MR) is 91.6 cm³/mol. The Morgan fingerprint density at radius 3 is 2.22 bits per heavy atom. The molecule has 122 valence electrons. The van der Waals surface area contributed by atoms with Gasteiger partial charge in [-0.05, 0) is 52.9 Å². The summed E-state index contributed by atoms with van der Waals surface area (Å²) >= 11 is 0. The van der Waals surface area contributed by atoms with Crippen molar-refractivity contribution in [1.82, 2.24) is 19.8 Å². The molecule has 0 bridgehead atoms. The van der Waals surface area contributed by atoms with Crippen LogP contribution in [0.4, 0.5) is 0 Å². The number of aryl methyl sites for hydroxylation is 2. The normalized spacial score (nSPS) is 22.6. The van der Waals surface area contributed by atoms with Crippen LogP contribution in [0.15, 0.2) is 18.2 Å². The molecule has 1 saturated heterocycles. The number of fused-ring (bicyclic) bond motifs is 1. The van der Waals surface area contributed by atoms with Crippen molar-refractivity contribution in [2.45, 2.75) is 39.8 Å². The summed E-state index contributed by atoms with van der Waals surface area (Å²) in [6.07, 6.45) is 0. The van der Waals surface area contributed by atoms with E-state index in [-0.39, 0.29) is 5.91 Å². The van der Waals surface area contributed by atoms with Gasteiger partial charge < -0.3 is 4.90 Å². The second-order valence-electron chi connectivity index (χ2n) is 6.67. The number of hydrogen-bond donors (Lipinski definition) is 0. The summed E-state index contributed by atoms with van der Waals surface area (Å²) < 4.78 is 0. The van der Waals surface area contributed by atoms with Gasteiger partial charge in [-0.1, -0.05) is 0 Å². The first-order valence-electron chi connectivity index (χ1n) is 8.13. The first kappa shape index (κ1) is 15.9. The number of aromatic nitrogens is 2. The summed E-state index contributed by atoms with van der Waals surface area (Å²) in [7, 11) is 2.12. The Morgan fingerprint density at radius 1 is 1.04 bits per heavy atom. The third-order valence-electron chi connectivity index (χ3n) is 4.97. The van der Waals surface area contributed by atoms with E-state index in [2.05, 4.69) is 35.8 Å². The maximum Gasteiger partial charge on any atom is 0.254 e. The summed E-state index contributed by atoms with van der Waals surface area (Å²) in [5, 5.41) is 0. The molecule has 5 heteroatoms. The van der Waals surface area contributed by atoms with Crippen LogP contribution in [0, 0.1) is 13.8 Å². The lowest BCUT2D eigenvalue weighted by molar-refractivity contribution is 0.0414. The van der Waals surface area contributed by atoms with E-state index in [1.54, 1.807) is 0 Å². The van der Waals surface area contributed by atoms with E-state index in [0.717, 1.165) is 35.5 Å². The minimum absolute atomic E-state index is 0.0822. The number of hydrogen-bond acceptors (Lipinski definition) is 4. The third-order valence-corrected chi connectivity index (χ3v) is 4.97. The van der Waals surface area contributed by atoms with Crippen molar-refractivity contribution in [3.8, 4) is 0 Å². The van der Waals surface area contributed by atoms with Crippen molar-refractivity contribution < 1.29 is 4.79 Å². The van der Waals surface area contributed by atoms with Gasteiger partial charge in [0.15, 0.2) is 0 Å². The van der Waals surface area contributed by atoms with Crippen LogP contribution < -0.4 is 0 Å². The SMILES string of the molecule is Cc1nc2ccc(C(=O)N3CC(C)N(C)C(C)C3)cc2nc1C. The number of likely N-dealkylation sites (N-methyl/N-ethyl adjacent to an activating group) is 1. The van der Waals surface area contributed by atoms with Crippen LogP contribution in [-0.4, -0.2) is 57.9 Å². The highest BCUT2D eigenvalue weighted by atomic mass is 16.2. The molecule has 1 aliphatic heterocycles. The lowest BCUT2D eigenvalue weighted by Gasteiger charge is -2.42. The van der Waals surface area contributed by atoms with Crippen LogP contribution in [0.3, 0.4) is 0 Å². The summed E-state index contributed by atoms with van der Waals surface area (Å²) in [4.78, 5) is 26.2. The summed E-state index contributed by atoms with van der Waals surface area (Å²) in [5.74, 6) is 0.0822. The van der Waals surface area contributed by atoms with Crippen LogP contribution >= 0.6 is 0 Å². The number of carbonyl (C=O) groups is 1. The lowest BCUT2D eigenvalue weighted by Crippen LogP contribution is -2.56. The molecule has 2 atom stereocenters. The molecule has 1 amide bonds. The average Bonchev–Trinajstić information content (AvgIpc) is 2.52. The highest BCUT2D eigenvalue weighted by Gasteiger charge is 2.29. The van der Waals surface area contributed by atoms with Crippen LogP contribution in [-0.2, 0) is 0 Å². The summed E-state index contributed by atoms with van der Waals surface area (Å²) in [5.41, 5.74) is 4.15. The predicted octanol–water partition coefficient (Wildman–Crippen LogP) is 2.41. The van der Waals surface area contributed by atoms with Gasteiger partial charge in [0.25, 0.3) is 5.91 Å². The van der Waals surface area contributed by atoms with Gasteiger partial charge in [0.05, 0.1) is 22.4 Å². The molecule has 1 aromatic heterocycles. The van der Waals surface area contributed by atoms with Crippen molar-refractivity contribution in [3.05, 3.63) is 35.2 Å². The fourth-order valence-electron chi connectivity index (χ4n) is 3.12. The molecule has 0 aliphatic carbocycles. The Balaban J connectivity index is 1.90. The van der Waals surface area contributed by atoms with E-state index in [4.69, 9.17) is 0 Å². The molecule has 2 heterocycles. The van der Waals surface area contributed by atoms with Gasteiger partial charge in [-0.2, -0.15) is 0 Å². The summed E-state index contributed by atoms with van der Waals surface area (Å²) in [6.45, 7) is 9.74. The molecule has 5 nitrogen and oxygen atoms in total. The molecule has 1 fully saturated rings. The maximum atomic E-state index is 12.9.